The Hall–Kier alpha value is -2.01. The molecule has 0 bridgehead atoms. The minimum atomic E-state index is -0.512. The monoisotopic (exact) mass is 266 g/mol. The van der Waals surface area contributed by atoms with Crippen molar-refractivity contribution in [2.75, 3.05) is 7.11 Å². The maximum Gasteiger partial charge on any atom is 0.237 e. The van der Waals surface area contributed by atoms with E-state index < -0.39 is 5.91 Å². The highest BCUT2D eigenvalue weighted by molar-refractivity contribution is 6.35. The van der Waals surface area contributed by atoms with E-state index in [0.717, 1.165) is 0 Å². The summed E-state index contributed by atoms with van der Waals surface area (Å²) in [5.74, 6) is -0.0460. The Labute approximate surface area is 108 Å². The average molecular weight is 267 g/mol. The molecule has 0 fully saturated rings. The normalized spacial score (nSPS) is 10.6. The highest BCUT2D eigenvalue weighted by atomic mass is 35.5. The number of hydrogen-bond donors (Lipinski definition) is 1. The lowest BCUT2D eigenvalue weighted by atomic mass is 10.2. The van der Waals surface area contributed by atoms with Gasteiger partial charge < -0.3 is 15.0 Å². The molecule has 6 heteroatoms. The second-order valence-corrected chi connectivity index (χ2v) is 4.15. The Morgan fingerprint density at radius 1 is 1.44 bits per heavy atom. The van der Waals surface area contributed by atoms with E-state index in [1.54, 1.807) is 16.7 Å². The average Bonchev–Trinajstić information content (AvgIpc) is 2.32. The van der Waals surface area contributed by atoms with E-state index in [1.807, 2.05) is 0 Å². The number of carbonyl (C=O) groups is 1. The van der Waals surface area contributed by atoms with Crippen LogP contribution in [0.15, 0.2) is 29.2 Å². The first-order valence-corrected chi connectivity index (χ1v) is 5.56. The third-order valence-corrected chi connectivity index (χ3v) is 2.89. The molecule has 0 unspecified atom stereocenters. The van der Waals surface area contributed by atoms with Crippen LogP contribution in [-0.2, 0) is 11.3 Å². The molecule has 0 aliphatic carbocycles. The number of halogens is 1. The summed E-state index contributed by atoms with van der Waals surface area (Å²) in [4.78, 5) is 22.9. The summed E-state index contributed by atoms with van der Waals surface area (Å²) in [6, 6.07) is 4.57. The van der Waals surface area contributed by atoms with Crippen LogP contribution in [0.25, 0.3) is 10.9 Å². The fourth-order valence-electron chi connectivity index (χ4n) is 1.85. The van der Waals surface area contributed by atoms with Gasteiger partial charge in [0.1, 0.15) is 12.3 Å². The highest BCUT2D eigenvalue weighted by Gasteiger charge is 2.13. The van der Waals surface area contributed by atoms with Crippen molar-refractivity contribution in [3.8, 4) is 5.75 Å². The van der Waals surface area contributed by atoms with E-state index in [4.69, 9.17) is 22.1 Å². The third-order valence-electron chi connectivity index (χ3n) is 2.58. The van der Waals surface area contributed by atoms with Crippen LogP contribution in [0.1, 0.15) is 0 Å². The fraction of sp³-hybridized carbons (Fsp3) is 0.167. The Balaban J connectivity index is 2.89. The number of aromatic nitrogens is 1. The van der Waals surface area contributed by atoms with Crippen molar-refractivity contribution in [3.05, 3.63) is 39.6 Å². The first kappa shape index (κ1) is 12.4. The Morgan fingerprint density at radius 3 is 2.78 bits per heavy atom. The van der Waals surface area contributed by atoms with Gasteiger partial charge in [-0.2, -0.15) is 0 Å². The van der Waals surface area contributed by atoms with Crippen LogP contribution in [0.5, 0.6) is 5.75 Å². The van der Waals surface area contributed by atoms with Crippen LogP contribution in [0, 0.1) is 0 Å². The van der Waals surface area contributed by atoms with Crippen molar-refractivity contribution in [1.29, 1.82) is 0 Å². The molecule has 2 aromatic rings. The predicted molar refractivity (Wildman–Crippen MR) is 69.0 cm³/mol. The molecule has 1 aromatic carbocycles. The summed E-state index contributed by atoms with van der Waals surface area (Å²) in [6.45, 7) is -0.0481. The van der Waals surface area contributed by atoms with Gasteiger partial charge in [0.15, 0.2) is 5.43 Å². The van der Waals surface area contributed by atoms with E-state index in [-0.39, 0.29) is 12.0 Å². The number of nitrogens with zero attached hydrogens (tertiary/aromatic N) is 1. The number of nitrogens with two attached hydrogens (primary N) is 1. The summed E-state index contributed by atoms with van der Waals surface area (Å²) < 4.78 is 6.73. The number of hydrogen-bond acceptors (Lipinski definition) is 3. The largest absolute Gasteiger partial charge is 0.495 e. The number of benzene rings is 1. The van der Waals surface area contributed by atoms with E-state index in [1.165, 1.54) is 19.4 Å². The molecule has 5 nitrogen and oxygen atoms in total. The molecule has 94 valence electrons. The molecule has 18 heavy (non-hydrogen) atoms. The lowest BCUT2D eigenvalue weighted by molar-refractivity contribution is -0.118. The molecule has 1 aromatic heterocycles. The van der Waals surface area contributed by atoms with E-state index in [0.29, 0.717) is 21.7 Å². The first-order chi connectivity index (χ1) is 8.54. The summed E-state index contributed by atoms with van der Waals surface area (Å²) >= 11 is 6.01. The maximum atomic E-state index is 11.8. The fourth-order valence-corrected chi connectivity index (χ4v) is 2.09. The minimum absolute atomic E-state index is 0.0481. The van der Waals surface area contributed by atoms with Crippen LogP contribution in [0.4, 0.5) is 0 Å². The van der Waals surface area contributed by atoms with Crippen molar-refractivity contribution in [3.63, 3.8) is 0 Å². The summed E-state index contributed by atoms with van der Waals surface area (Å²) in [7, 11) is 1.48. The Morgan fingerprint density at radius 2 is 2.17 bits per heavy atom. The van der Waals surface area contributed by atoms with Crippen molar-refractivity contribution in [2.45, 2.75) is 6.54 Å². The van der Waals surface area contributed by atoms with Gasteiger partial charge in [-0.3, -0.25) is 9.59 Å². The van der Waals surface area contributed by atoms with Gasteiger partial charge in [0.25, 0.3) is 0 Å². The standard InChI is InChI=1S/C12H11ClN2O3/c1-18-9-3-2-7(13)11-8(16)4-5-15(12(9)11)6-10(14)17/h2-5H,6H2,1H3,(H2,14,17). The Bertz CT molecular complexity index is 679. The molecule has 1 heterocycles. The molecule has 1 amide bonds. The second-order valence-electron chi connectivity index (χ2n) is 3.75. The van der Waals surface area contributed by atoms with Gasteiger partial charge in [0.2, 0.25) is 5.91 Å². The molecule has 0 radical (unpaired) electrons. The zero-order chi connectivity index (χ0) is 13.3. The van der Waals surface area contributed by atoms with E-state index >= 15 is 0 Å². The number of methoxy groups -OCH3 is 1. The smallest absolute Gasteiger partial charge is 0.237 e. The van der Waals surface area contributed by atoms with Crippen LogP contribution in [0.3, 0.4) is 0 Å². The molecular weight excluding hydrogens is 256 g/mol. The van der Waals surface area contributed by atoms with Gasteiger partial charge in [-0.15, -0.1) is 0 Å². The molecule has 0 saturated carbocycles. The highest BCUT2D eigenvalue weighted by Crippen LogP contribution is 2.28. The van der Waals surface area contributed by atoms with Gasteiger partial charge >= 0.3 is 0 Å². The molecule has 0 saturated heterocycles. The number of amides is 1. The molecule has 2 N–H and O–H groups in total. The number of fused-ring (bicyclic) bond motifs is 1. The topological polar surface area (TPSA) is 74.3 Å². The molecule has 0 aliphatic heterocycles. The lowest BCUT2D eigenvalue weighted by Crippen LogP contribution is -2.20. The zero-order valence-corrected chi connectivity index (χ0v) is 10.4. The van der Waals surface area contributed by atoms with Crippen molar-refractivity contribution >= 4 is 28.4 Å². The van der Waals surface area contributed by atoms with Gasteiger partial charge in [0, 0.05) is 12.3 Å². The van der Waals surface area contributed by atoms with Gasteiger partial charge in [-0.05, 0) is 12.1 Å². The van der Waals surface area contributed by atoms with Gasteiger partial charge in [0.05, 0.1) is 23.0 Å². The molecule has 0 aliphatic rings. The Kier molecular flexibility index (Phi) is 3.25. The second kappa shape index (κ2) is 4.70. The van der Waals surface area contributed by atoms with Crippen LogP contribution in [-0.4, -0.2) is 17.6 Å². The van der Waals surface area contributed by atoms with Crippen LogP contribution < -0.4 is 15.9 Å². The number of primary amides is 1. The summed E-state index contributed by atoms with van der Waals surface area (Å²) in [5, 5.41) is 0.634. The van der Waals surface area contributed by atoms with E-state index in [2.05, 4.69) is 0 Å². The zero-order valence-electron chi connectivity index (χ0n) is 9.64. The summed E-state index contributed by atoms with van der Waals surface area (Å²) in [6.07, 6.45) is 1.49. The van der Waals surface area contributed by atoms with E-state index in [9.17, 15) is 9.59 Å². The molecule has 0 spiro atoms. The number of carbonyl (C=O) groups excluding carboxylic acids is 1. The SMILES string of the molecule is COc1ccc(Cl)c2c(=O)ccn(CC(N)=O)c12. The third kappa shape index (κ3) is 2.04. The first-order valence-electron chi connectivity index (χ1n) is 5.18. The minimum Gasteiger partial charge on any atom is -0.495 e. The van der Waals surface area contributed by atoms with Crippen LogP contribution >= 0.6 is 11.6 Å². The molecular formula is C12H11ClN2O3. The van der Waals surface area contributed by atoms with Crippen LogP contribution in [0.2, 0.25) is 5.02 Å². The van der Waals surface area contributed by atoms with Gasteiger partial charge in [-0.25, -0.2) is 0 Å². The number of pyridine rings is 1. The molecule has 2 rings (SSSR count). The van der Waals surface area contributed by atoms with Crippen molar-refractivity contribution < 1.29 is 9.53 Å². The quantitative estimate of drug-likeness (QED) is 0.906. The molecule has 0 atom stereocenters. The summed E-state index contributed by atoms with van der Waals surface area (Å²) in [5.41, 5.74) is 5.41. The predicted octanol–water partition coefficient (Wildman–Crippen LogP) is 1.15. The maximum absolute atomic E-state index is 11.8. The number of ether oxygens (including phenoxy) is 1. The van der Waals surface area contributed by atoms with Gasteiger partial charge in [-0.1, -0.05) is 11.6 Å². The van der Waals surface area contributed by atoms with Crippen molar-refractivity contribution in [2.24, 2.45) is 5.73 Å². The number of rotatable bonds is 3. The lowest BCUT2D eigenvalue weighted by Gasteiger charge is -2.13. The van der Waals surface area contributed by atoms with Crippen molar-refractivity contribution in [1.82, 2.24) is 4.57 Å².